The Morgan fingerprint density at radius 3 is 2.60 bits per heavy atom. The van der Waals surface area contributed by atoms with Gasteiger partial charge in [0.15, 0.2) is 11.6 Å². The molecule has 1 aromatic carbocycles. The number of benzene rings is 1. The molecule has 1 amide bonds. The molecule has 0 atom stereocenters. The molecule has 212 valence electrons. The standard InChI is InChI=1S/C27H32F3N9O/c1-17(2)12-23-34-25(37(3)36-23)19-4-5-20-21(14-19)33-26(32-20)35-22-13-18(6-7-31-22)16-38-8-10-39(11-9-38)24(40)15-27(28,29)30/h4-7,13-14,17H,8-12,15-16H2,1-3H3,(H2,31,32,33,35). The van der Waals surface area contributed by atoms with Crippen LogP contribution in [0.3, 0.4) is 0 Å². The van der Waals surface area contributed by atoms with Crippen LogP contribution in [0.1, 0.15) is 31.7 Å². The van der Waals surface area contributed by atoms with Gasteiger partial charge in [0.2, 0.25) is 11.9 Å². The highest BCUT2D eigenvalue weighted by Gasteiger charge is 2.34. The lowest BCUT2D eigenvalue weighted by atomic mass is 10.1. The first-order chi connectivity index (χ1) is 19.0. The van der Waals surface area contributed by atoms with E-state index in [9.17, 15) is 18.0 Å². The molecule has 2 N–H and O–H groups in total. The number of halogens is 3. The van der Waals surface area contributed by atoms with Crippen molar-refractivity contribution >= 4 is 28.7 Å². The molecule has 10 nitrogen and oxygen atoms in total. The van der Waals surface area contributed by atoms with E-state index in [0.717, 1.165) is 40.2 Å². The van der Waals surface area contributed by atoms with Gasteiger partial charge in [0.25, 0.3) is 0 Å². The third-order valence-electron chi connectivity index (χ3n) is 6.69. The number of anilines is 2. The molecule has 1 aliphatic rings. The lowest BCUT2D eigenvalue weighted by molar-refractivity contribution is -0.162. The highest BCUT2D eigenvalue weighted by Crippen LogP contribution is 2.25. The predicted molar refractivity (Wildman–Crippen MR) is 145 cm³/mol. The number of pyridine rings is 1. The van der Waals surface area contributed by atoms with Gasteiger partial charge in [-0.2, -0.15) is 18.3 Å². The largest absolute Gasteiger partial charge is 0.397 e. The summed E-state index contributed by atoms with van der Waals surface area (Å²) in [5.74, 6) is 2.38. The normalized spacial score (nSPS) is 14.8. The minimum Gasteiger partial charge on any atom is -0.340 e. The molecule has 13 heteroatoms. The monoisotopic (exact) mass is 555 g/mol. The van der Waals surface area contributed by atoms with E-state index in [1.54, 1.807) is 10.9 Å². The third kappa shape index (κ3) is 6.76. The molecule has 0 saturated carbocycles. The van der Waals surface area contributed by atoms with Crippen molar-refractivity contribution in [1.82, 2.24) is 39.5 Å². The maximum absolute atomic E-state index is 12.5. The molecule has 0 radical (unpaired) electrons. The van der Waals surface area contributed by atoms with Crippen molar-refractivity contribution in [3.63, 3.8) is 0 Å². The van der Waals surface area contributed by atoms with Crippen molar-refractivity contribution in [2.45, 2.75) is 39.4 Å². The van der Waals surface area contributed by atoms with Crippen molar-refractivity contribution in [3.05, 3.63) is 47.9 Å². The number of aromatic nitrogens is 6. The first kappa shape index (κ1) is 27.6. The molecular weight excluding hydrogens is 523 g/mol. The summed E-state index contributed by atoms with van der Waals surface area (Å²) >= 11 is 0. The quantitative estimate of drug-likeness (QED) is 0.334. The number of carbonyl (C=O) groups is 1. The van der Waals surface area contributed by atoms with E-state index in [-0.39, 0.29) is 13.1 Å². The number of rotatable bonds is 8. The fraction of sp³-hybridized carbons (Fsp3) is 0.444. The summed E-state index contributed by atoms with van der Waals surface area (Å²) in [4.78, 5) is 32.3. The summed E-state index contributed by atoms with van der Waals surface area (Å²) in [6.45, 7) is 6.44. The van der Waals surface area contributed by atoms with E-state index >= 15 is 0 Å². The molecule has 0 unspecified atom stereocenters. The number of nitrogens with zero attached hydrogens (tertiary/aromatic N) is 7. The number of aryl methyl sites for hydroxylation is 1. The second-order valence-corrected chi connectivity index (χ2v) is 10.5. The van der Waals surface area contributed by atoms with Gasteiger partial charge in [-0.15, -0.1) is 0 Å². The fourth-order valence-electron chi connectivity index (χ4n) is 4.81. The van der Waals surface area contributed by atoms with Gasteiger partial charge in [0, 0.05) is 58.0 Å². The van der Waals surface area contributed by atoms with E-state index in [1.165, 1.54) is 4.90 Å². The summed E-state index contributed by atoms with van der Waals surface area (Å²) in [7, 11) is 1.89. The van der Waals surface area contributed by atoms with Gasteiger partial charge < -0.3 is 15.2 Å². The zero-order chi connectivity index (χ0) is 28.4. The maximum atomic E-state index is 12.5. The molecule has 1 aliphatic heterocycles. The van der Waals surface area contributed by atoms with Crippen LogP contribution in [0.4, 0.5) is 24.9 Å². The van der Waals surface area contributed by atoms with Gasteiger partial charge in [-0.1, -0.05) is 13.8 Å². The summed E-state index contributed by atoms with van der Waals surface area (Å²) < 4.78 is 39.4. The SMILES string of the molecule is CC(C)Cc1nc(-c2ccc3nc(Nc4cc(CN5CCN(C(=O)CC(F)(F)F)CC5)ccn4)[nH]c3c2)n(C)n1. The number of hydrogen-bond donors (Lipinski definition) is 2. The molecule has 5 rings (SSSR count). The van der Waals surface area contributed by atoms with Gasteiger partial charge in [0.05, 0.1) is 11.0 Å². The molecule has 1 fully saturated rings. The first-order valence-corrected chi connectivity index (χ1v) is 13.2. The van der Waals surface area contributed by atoms with Gasteiger partial charge in [0.1, 0.15) is 12.2 Å². The number of piperazine rings is 1. The van der Waals surface area contributed by atoms with Crippen LogP contribution in [-0.2, 0) is 24.8 Å². The number of fused-ring (bicyclic) bond motifs is 1. The molecule has 0 bridgehead atoms. The minimum absolute atomic E-state index is 0.277. The Balaban J connectivity index is 1.22. The number of imidazole rings is 1. The van der Waals surface area contributed by atoms with Crippen molar-refractivity contribution < 1.29 is 18.0 Å². The number of hydrogen-bond acceptors (Lipinski definition) is 7. The number of aromatic amines is 1. The summed E-state index contributed by atoms with van der Waals surface area (Å²) in [6.07, 6.45) is -3.37. The van der Waals surface area contributed by atoms with Crippen LogP contribution in [0.15, 0.2) is 36.5 Å². The van der Waals surface area contributed by atoms with Crippen LogP contribution in [0.2, 0.25) is 0 Å². The Morgan fingerprint density at radius 2 is 1.88 bits per heavy atom. The molecule has 0 aliphatic carbocycles. The minimum atomic E-state index is -4.48. The van der Waals surface area contributed by atoms with Crippen molar-refractivity contribution in [3.8, 4) is 11.4 Å². The van der Waals surface area contributed by atoms with E-state index in [1.807, 2.05) is 37.4 Å². The average molecular weight is 556 g/mol. The van der Waals surface area contributed by atoms with E-state index in [0.29, 0.717) is 37.3 Å². The first-order valence-electron chi connectivity index (χ1n) is 13.2. The van der Waals surface area contributed by atoms with Crippen molar-refractivity contribution in [2.75, 3.05) is 31.5 Å². The third-order valence-corrected chi connectivity index (χ3v) is 6.69. The number of amides is 1. The highest BCUT2D eigenvalue weighted by molar-refractivity contribution is 5.82. The van der Waals surface area contributed by atoms with Gasteiger partial charge >= 0.3 is 6.18 Å². The van der Waals surface area contributed by atoms with Crippen LogP contribution >= 0.6 is 0 Å². The van der Waals surface area contributed by atoms with Crippen molar-refractivity contribution in [1.29, 1.82) is 0 Å². The lowest BCUT2D eigenvalue weighted by Crippen LogP contribution is -2.49. The van der Waals surface area contributed by atoms with Crippen LogP contribution in [-0.4, -0.2) is 77.8 Å². The Kier molecular flexibility index (Phi) is 7.74. The van der Waals surface area contributed by atoms with Crippen LogP contribution in [0.25, 0.3) is 22.4 Å². The number of carbonyl (C=O) groups excluding carboxylic acids is 1. The molecular formula is C27H32F3N9O. The summed E-state index contributed by atoms with van der Waals surface area (Å²) in [5, 5.41) is 7.76. The average Bonchev–Trinajstić information content (AvgIpc) is 3.44. The fourth-order valence-corrected chi connectivity index (χ4v) is 4.81. The second-order valence-electron chi connectivity index (χ2n) is 10.5. The second kappa shape index (κ2) is 11.2. The molecule has 1 saturated heterocycles. The smallest absolute Gasteiger partial charge is 0.340 e. The van der Waals surface area contributed by atoms with Crippen LogP contribution in [0, 0.1) is 5.92 Å². The van der Waals surface area contributed by atoms with Crippen LogP contribution < -0.4 is 5.32 Å². The molecule has 3 aromatic heterocycles. The Labute approximate surface area is 229 Å². The molecule has 0 spiro atoms. The number of H-pyrrole nitrogens is 1. The topological polar surface area (TPSA) is 108 Å². The Morgan fingerprint density at radius 1 is 1.10 bits per heavy atom. The maximum Gasteiger partial charge on any atom is 0.397 e. The summed E-state index contributed by atoms with van der Waals surface area (Å²) in [5.41, 5.74) is 3.57. The van der Waals surface area contributed by atoms with E-state index < -0.39 is 18.5 Å². The predicted octanol–water partition coefficient (Wildman–Crippen LogP) is 4.29. The Bertz CT molecular complexity index is 1490. The highest BCUT2D eigenvalue weighted by atomic mass is 19.4. The van der Waals surface area contributed by atoms with E-state index in [2.05, 4.69) is 44.1 Å². The molecule has 4 aromatic rings. The zero-order valence-corrected chi connectivity index (χ0v) is 22.7. The van der Waals surface area contributed by atoms with E-state index in [4.69, 9.17) is 4.98 Å². The van der Waals surface area contributed by atoms with Gasteiger partial charge in [-0.05, 0) is 41.8 Å². The zero-order valence-electron chi connectivity index (χ0n) is 22.7. The molecule has 40 heavy (non-hydrogen) atoms. The molecule has 4 heterocycles. The number of nitrogens with one attached hydrogen (secondary N) is 2. The van der Waals surface area contributed by atoms with Gasteiger partial charge in [-0.25, -0.2) is 19.6 Å². The lowest BCUT2D eigenvalue weighted by Gasteiger charge is -2.35. The van der Waals surface area contributed by atoms with Crippen molar-refractivity contribution in [2.24, 2.45) is 13.0 Å². The summed E-state index contributed by atoms with van der Waals surface area (Å²) in [6, 6.07) is 9.72. The Hall–Kier alpha value is -4.00. The number of alkyl halides is 3. The van der Waals surface area contributed by atoms with Gasteiger partial charge in [-0.3, -0.25) is 9.69 Å². The van der Waals surface area contributed by atoms with Crippen LogP contribution in [0.5, 0.6) is 0 Å².